The molecule has 1 aliphatic heterocycles. The summed E-state index contributed by atoms with van der Waals surface area (Å²) in [6, 6.07) is 0. The van der Waals surface area contributed by atoms with Crippen molar-refractivity contribution in [2.24, 2.45) is 5.92 Å². The Balaban J connectivity index is 1.93. The Labute approximate surface area is 158 Å². The molecule has 2 N–H and O–H groups in total. The first kappa shape index (κ1) is 21.7. The lowest BCUT2D eigenvalue weighted by molar-refractivity contribution is -0.125. The summed E-state index contributed by atoms with van der Waals surface area (Å²) in [5.41, 5.74) is 1.68. The van der Waals surface area contributed by atoms with Crippen molar-refractivity contribution in [3.63, 3.8) is 0 Å². The number of hydrazine groups is 1. The highest BCUT2D eigenvalue weighted by Gasteiger charge is 2.31. The van der Waals surface area contributed by atoms with E-state index in [9.17, 15) is 31.5 Å². The number of hydrogen-bond donors (Lipinski definition) is 2. The van der Waals surface area contributed by atoms with Crippen LogP contribution in [0.25, 0.3) is 0 Å². The Morgan fingerprint density at radius 3 is 1.86 bits per heavy atom. The van der Waals surface area contributed by atoms with E-state index in [2.05, 4.69) is 0 Å². The van der Waals surface area contributed by atoms with Crippen LogP contribution in [-0.2, 0) is 9.53 Å². The monoisotopic (exact) mass is 409 g/mol. The van der Waals surface area contributed by atoms with Crippen LogP contribution in [-0.4, -0.2) is 35.6 Å². The number of ether oxygens (including phenoxy) is 1. The van der Waals surface area contributed by atoms with E-state index >= 15 is 0 Å². The number of likely N-dealkylation sites (tertiary alicyclic amines) is 1. The molecule has 0 radical (unpaired) electrons. The molecular formula is C17H20F5N3O3. The van der Waals surface area contributed by atoms with E-state index in [0.717, 1.165) is 0 Å². The van der Waals surface area contributed by atoms with Crippen molar-refractivity contribution in [2.45, 2.75) is 39.2 Å². The van der Waals surface area contributed by atoms with Gasteiger partial charge < -0.3 is 9.64 Å². The third-order valence-corrected chi connectivity index (χ3v) is 4.04. The highest BCUT2D eigenvalue weighted by atomic mass is 19.2. The molecule has 0 aliphatic carbocycles. The van der Waals surface area contributed by atoms with Crippen LogP contribution >= 0.6 is 0 Å². The molecule has 0 bridgehead atoms. The summed E-state index contributed by atoms with van der Waals surface area (Å²) >= 11 is 0. The highest BCUT2D eigenvalue weighted by Crippen LogP contribution is 2.27. The number of nitrogens with one attached hydrogen (secondary N) is 2. The van der Waals surface area contributed by atoms with E-state index in [0.29, 0.717) is 0 Å². The van der Waals surface area contributed by atoms with E-state index in [1.165, 1.54) is 4.90 Å². The van der Waals surface area contributed by atoms with Crippen LogP contribution in [0.2, 0.25) is 0 Å². The maximum absolute atomic E-state index is 13.6. The molecule has 1 saturated heterocycles. The molecule has 0 saturated carbocycles. The number of nitrogens with zero attached hydrogens (tertiary/aromatic N) is 1. The van der Waals surface area contributed by atoms with E-state index in [-0.39, 0.29) is 25.9 Å². The molecule has 0 unspecified atom stereocenters. The minimum Gasteiger partial charge on any atom is -0.444 e. The number of hydrogen-bond acceptors (Lipinski definition) is 4. The van der Waals surface area contributed by atoms with Gasteiger partial charge in [0.2, 0.25) is 11.7 Å². The van der Waals surface area contributed by atoms with Gasteiger partial charge in [-0.2, -0.15) is 0 Å². The van der Waals surface area contributed by atoms with Crippen molar-refractivity contribution >= 4 is 17.7 Å². The molecule has 0 atom stereocenters. The van der Waals surface area contributed by atoms with Crippen LogP contribution in [0.15, 0.2) is 0 Å². The molecule has 1 aliphatic rings. The van der Waals surface area contributed by atoms with Crippen LogP contribution in [0.1, 0.15) is 33.6 Å². The van der Waals surface area contributed by atoms with E-state index < -0.39 is 58.3 Å². The number of amides is 2. The maximum atomic E-state index is 13.6. The van der Waals surface area contributed by atoms with Gasteiger partial charge in [0.05, 0.1) is 0 Å². The van der Waals surface area contributed by atoms with Gasteiger partial charge in [-0.05, 0) is 33.6 Å². The summed E-state index contributed by atoms with van der Waals surface area (Å²) in [7, 11) is 0. The zero-order valence-corrected chi connectivity index (χ0v) is 15.5. The number of benzene rings is 1. The van der Waals surface area contributed by atoms with Gasteiger partial charge in [-0.1, -0.05) is 0 Å². The molecule has 11 heteroatoms. The van der Waals surface area contributed by atoms with Crippen molar-refractivity contribution in [1.29, 1.82) is 0 Å². The predicted molar refractivity (Wildman–Crippen MR) is 88.5 cm³/mol. The van der Waals surface area contributed by atoms with Gasteiger partial charge in [-0.15, -0.1) is 0 Å². The molecule has 1 aromatic rings. The molecule has 28 heavy (non-hydrogen) atoms. The van der Waals surface area contributed by atoms with Crippen molar-refractivity contribution in [2.75, 3.05) is 18.5 Å². The largest absolute Gasteiger partial charge is 0.444 e. The van der Waals surface area contributed by atoms with Gasteiger partial charge in [0.1, 0.15) is 11.3 Å². The Bertz CT molecular complexity index is 745. The zero-order chi connectivity index (χ0) is 21.2. The van der Waals surface area contributed by atoms with Gasteiger partial charge >= 0.3 is 6.09 Å². The quantitative estimate of drug-likeness (QED) is 0.347. The van der Waals surface area contributed by atoms with Gasteiger partial charge in [-0.3, -0.25) is 15.6 Å². The molecule has 1 heterocycles. The zero-order valence-electron chi connectivity index (χ0n) is 15.5. The van der Waals surface area contributed by atoms with Crippen LogP contribution in [0.3, 0.4) is 0 Å². The summed E-state index contributed by atoms with van der Waals surface area (Å²) in [5, 5.41) is 0. The SMILES string of the molecule is CC(C)(C)OC(=O)N1CCC(C(=O)NNc2c(F)c(F)c(F)c(F)c2F)CC1. The number of carbonyl (C=O) groups is 2. The van der Waals surface area contributed by atoms with Gasteiger partial charge in [0, 0.05) is 19.0 Å². The molecule has 1 aromatic carbocycles. The predicted octanol–water partition coefficient (Wildman–Crippen LogP) is 3.47. The Morgan fingerprint density at radius 1 is 0.929 bits per heavy atom. The topological polar surface area (TPSA) is 70.7 Å². The van der Waals surface area contributed by atoms with E-state index in [1.807, 2.05) is 5.43 Å². The Kier molecular flexibility index (Phi) is 6.35. The second-order valence-corrected chi connectivity index (χ2v) is 7.30. The van der Waals surface area contributed by atoms with Crippen molar-refractivity contribution in [3.8, 4) is 0 Å². The summed E-state index contributed by atoms with van der Waals surface area (Å²) in [5.74, 6) is -12.0. The number of carbonyl (C=O) groups excluding carboxylic acids is 2. The highest BCUT2D eigenvalue weighted by molar-refractivity contribution is 5.80. The molecule has 0 spiro atoms. The minimum atomic E-state index is -2.29. The number of piperidine rings is 1. The van der Waals surface area contributed by atoms with Crippen molar-refractivity contribution in [3.05, 3.63) is 29.1 Å². The average molecular weight is 409 g/mol. The van der Waals surface area contributed by atoms with Crippen molar-refractivity contribution < 1.29 is 36.3 Å². The first-order chi connectivity index (χ1) is 12.9. The number of rotatable bonds is 3. The lowest BCUT2D eigenvalue weighted by Gasteiger charge is -2.32. The molecule has 6 nitrogen and oxygen atoms in total. The Morgan fingerprint density at radius 2 is 1.39 bits per heavy atom. The molecule has 0 aromatic heterocycles. The lowest BCUT2D eigenvalue weighted by Crippen LogP contribution is -2.45. The van der Waals surface area contributed by atoms with E-state index in [1.54, 1.807) is 26.2 Å². The normalized spacial score (nSPS) is 15.4. The summed E-state index contributed by atoms with van der Waals surface area (Å²) in [6.07, 6.45) is -0.0424. The number of halogens is 5. The van der Waals surface area contributed by atoms with Gasteiger partial charge in [-0.25, -0.2) is 26.7 Å². The Hall–Kier alpha value is -2.59. The first-order valence-electron chi connectivity index (χ1n) is 8.47. The minimum absolute atomic E-state index is 0.218. The molecule has 156 valence electrons. The average Bonchev–Trinajstić information content (AvgIpc) is 2.63. The molecule has 1 fully saturated rings. The maximum Gasteiger partial charge on any atom is 0.410 e. The molecule has 2 rings (SSSR count). The third-order valence-electron chi connectivity index (χ3n) is 4.04. The fourth-order valence-electron chi connectivity index (χ4n) is 2.59. The molecular weight excluding hydrogens is 389 g/mol. The first-order valence-corrected chi connectivity index (χ1v) is 8.47. The fraction of sp³-hybridized carbons (Fsp3) is 0.529. The van der Waals surface area contributed by atoms with Crippen LogP contribution in [0.5, 0.6) is 0 Å². The van der Waals surface area contributed by atoms with E-state index in [4.69, 9.17) is 4.74 Å². The third kappa shape index (κ3) is 4.82. The van der Waals surface area contributed by atoms with Gasteiger partial charge in [0.15, 0.2) is 23.3 Å². The lowest BCUT2D eigenvalue weighted by atomic mass is 9.96. The fourth-order valence-corrected chi connectivity index (χ4v) is 2.59. The smallest absolute Gasteiger partial charge is 0.410 e. The van der Waals surface area contributed by atoms with Crippen molar-refractivity contribution in [1.82, 2.24) is 10.3 Å². The second-order valence-electron chi connectivity index (χ2n) is 7.30. The van der Waals surface area contributed by atoms with Crippen LogP contribution < -0.4 is 10.9 Å². The van der Waals surface area contributed by atoms with Crippen LogP contribution in [0.4, 0.5) is 32.4 Å². The summed E-state index contributed by atoms with van der Waals surface area (Å²) < 4.78 is 71.7. The summed E-state index contributed by atoms with van der Waals surface area (Å²) in [6.45, 7) is 5.59. The van der Waals surface area contributed by atoms with Crippen LogP contribution in [0, 0.1) is 35.0 Å². The standard InChI is InChI=1S/C17H20F5N3O3/c1-17(2,3)28-16(27)25-6-4-8(5-7-25)15(26)24-23-14-12(21)10(19)9(18)11(20)13(14)22/h8,23H,4-7H2,1-3H3,(H,24,26). The molecule has 2 amide bonds. The van der Waals surface area contributed by atoms with Gasteiger partial charge in [0.25, 0.3) is 0 Å². The number of anilines is 1. The summed E-state index contributed by atoms with van der Waals surface area (Å²) in [4.78, 5) is 25.5. The second kappa shape index (κ2) is 8.19.